The van der Waals surface area contributed by atoms with Gasteiger partial charge in [-0.05, 0) is 61.8 Å². The summed E-state index contributed by atoms with van der Waals surface area (Å²) >= 11 is 3.32. The average Bonchev–Trinajstić information content (AvgIpc) is 2.83. The lowest BCUT2D eigenvalue weighted by atomic mass is 9.91. The van der Waals surface area contributed by atoms with Crippen LogP contribution < -0.4 is 5.32 Å². The first-order chi connectivity index (χ1) is 9.60. The largest absolute Gasteiger partial charge is 0.313 e. The molecule has 0 bridgehead atoms. The van der Waals surface area contributed by atoms with Gasteiger partial charge < -0.3 is 5.32 Å². The highest BCUT2D eigenvalue weighted by atomic mass is 79.9. The first kappa shape index (κ1) is 16.0. The fraction of sp³-hybridized carbons (Fsp3) is 0.647. The van der Waals surface area contributed by atoms with E-state index in [4.69, 9.17) is 0 Å². The highest BCUT2D eigenvalue weighted by Crippen LogP contribution is 2.34. The second-order valence-electron chi connectivity index (χ2n) is 6.18. The van der Waals surface area contributed by atoms with Crippen LogP contribution in [0.4, 0.5) is 4.39 Å². The molecule has 1 aromatic carbocycles. The van der Waals surface area contributed by atoms with Gasteiger partial charge in [0, 0.05) is 10.5 Å². The molecule has 1 fully saturated rings. The van der Waals surface area contributed by atoms with E-state index in [1.165, 1.54) is 19.3 Å². The molecule has 1 saturated carbocycles. The molecule has 112 valence electrons. The van der Waals surface area contributed by atoms with Crippen molar-refractivity contribution in [3.8, 4) is 0 Å². The molecule has 1 aliphatic carbocycles. The zero-order valence-corrected chi connectivity index (χ0v) is 14.0. The van der Waals surface area contributed by atoms with Crippen LogP contribution in [0.25, 0.3) is 0 Å². The smallest absolute Gasteiger partial charge is 0.127 e. The van der Waals surface area contributed by atoms with Crippen LogP contribution in [0, 0.1) is 17.7 Å². The van der Waals surface area contributed by atoms with Gasteiger partial charge in [-0.3, -0.25) is 0 Å². The van der Waals surface area contributed by atoms with E-state index >= 15 is 0 Å². The van der Waals surface area contributed by atoms with Crippen LogP contribution in [0.2, 0.25) is 0 Å². The van der Waals surface area contributed by atoms with Gasteiger partial charge >= 0.3 is 0 Å². The molecule has 0 spiro atoms. The number of hydrogen-bond acceptors (Lipinski definition) is 1. The van der Waals surface area contributed by atoms with Gasteiger partial charge in [0.15, 0.2) is 0 Å². The monoisotopic (exact) mass is 341 g/mol. The van der Waals surface area contributed by atoms with Gasteiger partial charge in [-0.1, -0.05) is 42.3 Å². The molecule has 1 aliphatic rings. The summed E-state index contributed by atoms with van der Waals surface area (Å²) in [7, 11) is 0. The average molecular weight is 342 g/mol. The first-order valence-corrected chi connectivity index (χ1v) is 8.56. The van der Waals surface area contributed by atoms with Crippen molar-refractivity contribution in [2.45, 2.75) is 52.0 Å². The maximum atomic E-state index is 14.0. The number of benzene rings is 1. The van der Waals surface area contributed by atoms with Crippen molar-refractivity contribution in [2.24, 2.45) is 11.8 Å². The predicted octanol–water partition coefficient (Wildman–Crippen LogP) is 4.94. The van der Waals surface area contributed by atoms with Crippen LogP contribution in [0.5, 0.6) is 0 Å². The van der Waals surface area contributed by atoms with Crippen LogP contribution in [-0.4, -0.2) is 12.6 Å². The number of nitrogens with one attached hydrogen (secondary N) is 1. The standard InChI is InChI=1S/C17H25BrFN/c1-3-8-20-17(14-5-4-12(2)9-14)10-13-6-7-15(18)11-16(13)19/h6-7,11-12,14,17,20H,3-5,8-10H2,1-2H3. The van der Waals surface area contributed by atoms with Gasteiger partial charge in [-0.15, -0.1) is 0 Å². The molecule has 0 amide bonds. The Labute approximate surface area is 130 Å². The summed E-state index contributed by atoms with van der Waals surface area (Å²) in [4.78, 5) is 0. The van der Waals surface area contributed by atoms with Crippen LogP contribution in [0.1, 0.15) is 45.1 Å². The number of hydrogen-bond donors (Lipinski definition) is 1. The van der Waals surface area contributed by atoms with Gasteiger partial charge in [0.05, 0.1) is 0 Å². The van der Waals surface area contributed by atoms with Crippen molar-refractivity contribution in [1.29, 1.82) is 0 Å². The molecule has 3 heteroatoms. The highest BCUT2D eigenvalue weighted by molar-refractivity contribution is 9.10. The predicted molar refractivity (Wildman–Crippen MR) is 86.4 cm³/mol. The SMILES string of the molecule is CCCNC(Cc1ccc(Br)cc1F)C1CCC(C)C1. The summed E-state index contributed by atoms with van der Waals surface area (Å²) in [5, 5.41) is 3.64. The lowest BCUT2D eigenvalue weighted by Gasteiger charge is -2.25. The summed E-state index contributed by atoms with van der Waals surface area (Å²) in [5.74, 6) is 1.43. The molecular formula is C17H25BrFN. The van der Waals surface area contributed by atoms with E-state index in [0.717, 1.165) is 35.3 Å². The summed E-state index contributed by atoms with van der Waals surface area (Å²) in [6, 6.07) is 5.84. The van der Waals surface area contributed by atoms with Gasteiger partial charge in [0.2, 0.25) is 0 Å². The number of rotatable bonds is 6. The van der Waals surface area contributed by atoms with Gasteiger partial charge in [-0.25, -0.2) is 4.39 Å². The van der Waals surface area contributed by atoms with Gasteiger partial charge in [0.1, 0.15) is 5.82 Å². The molecule has 1 N–H and O–H groups in total. The Morgan fingerprint density at radius 2 is 2.20 bits per heavy atom. The molecule has 0 aromatic heterocycles. The molecule has 2 rings (SSSR count). The van der Waals surface area contributed by atoms with E-state index in [2.05, 4.69) is 35.1 Å². The molecule has 3 atom stereocenters. The third kappa shape index (κ3) is 4.29. The molecule has 0 heterocycles. The third-order valence-corrected chi connectivity index (χ3v) is 4.91. The molecule has 1 aromatic rings. The Morgan fingerprint density at radius 1 is 1.40 bits per heavy atom. The van der Waals surface area contributed by atoms with E-state index < -0.39 is 0 Å². The molecule has 3 unspecified atom stereocenters. The summed E-state index contributed by atoms with van der Waals surface area (Å²) in [6.07, 6.45) is 5.80. The van der Waals surface area contributed by atoms with Crippen molar-refractivity contribution in [3.05, 3.63) is 34.1 Å². The van der Waals surface area contributed by atoms with E-state index in [9.17, 15) is 4.39 Å². The molecule has 0 saturated heterocycles. The Balaban J connectivity index is 2.06. The first-order valence-electron chi connectivity index (χ1n) is 7.77. The van der Waals surface area contributed by atoms with E-state index in [1.54, 1.807) is 6.07 Å². The van der Waals surface area contributed by atoms with Crippen LogP contribution in [-0.2, 0) is 6.42 Å². The quantitative estimate of drug-likeness (QED) is 0.772. The summed E-state index contributed by atoms with van der Waals surface area (Å²) in [5.41, 5.74) is 0.835. The summed E-state index contributed by atoms with van der Waals surface area (Å²) < 4.78 is 14.9. The Morgan fingerprint density at radius 3 is 2.80 bits per heavy atom. The van der Waals surface area contributed by atoms with E-state index in [0.29, 0.717) is 12.0 Å². The minimum Gasteiger partial charge on any atom is -0.313 e. The van der Waals surface area contributed by atoms with E-state index in [1.807, 2.05) is 12.1 Å². The molecule has 0 radical (unpaired) electrons. The lowest BCUT2D eigenvalue weighted by molar-refractivity contribution is 0.345. The molecular weight excluding hydrogens is 317 g/mol. The van der Waals surface area contributed by atoms with Gasteiger partial charge in [-0.2, -0.15) is 0 Å². The Hall–Kier alpha value is -0.410. The van der Waals surface area contributed by atoms with Crippen LogP contribution >= 0.6 is 15.9 Å². The normalized spacial score (nSPS) is 24.0. The fourth-order valence-electron chi connectivity index (χ4n) is 3.28. The second-order valence-corrected chi connectivity index (χ2v) is 7.09. The van der Waals surface area contributed by atoms with Crippen molar-refractivity contribution in [3.63, 3.8) is 0 Å². The van der Waals surface area contributed by atoms with Crippen molar-refractivity contribution in [2.75, 3.05) is 6.54 Å². The van der Waals surface area contributed by atoms with Gasteiger partial charge in [0.25, 0.3) is 0 Å². The molecule has 20 heavy (non-hydrogen) atoms. The van der Waals surface area contributed by atoms with Crippen LogP contribution in [0.15, 0.2) is 22.7 Å². The molecule has 0 aliphatic heterocycles. The maximum absolute atomic E-state index is 14.0. The minimum atomic E-state index is -0.0891. The Bertz CT molecular complexity index is 435. The third-order valence-electron chi connectivity index (χ3n) is 4.42. The highest BCUT2D eigenvalue weighted by Gasteiger charge is 2.29. The fourth-order valence-corrected chi connectivity index (χ4v) is 3.61. The number of halogens is 2. The minimum absolute atomic E-state index is 0.0891. The topological polar surface area (TPSA) is 12.0 Å². The van der Waals surface area contributed by atoms with Crippen molar-refractivity contribution < 1.29 is 4.39 Å². The second kappa shape index (κ2) is 7.56. The Kier molecular flexibility index (Phi) is 6.03. The van der Waals surface area contributed by atoms with Crippen molar-refractivity contribution in [1.82, 2.24) is 5.32 Å². The van der Waals surface area contributed by atoms with Crippen molar-refractivity contribution >= 4 is 15.9 Å². The summed E-state index contributed by atoms with van der Waals surface area (Å²) in [6.45, 7) is 5.53. The van der Waals surface area contributed by atoms with E-state index in [-0.39, 0.29) is 5.82 Å². The lowest BCUT2D eigenvalue weighted by Crippen LogP contribution is -2.38. The zero-order valence-electron chi connectivity index (χ0n) is 12.5. The zero-order chi connectivity index (χ0) is 14.5. The van der Waals surface area contributed by atoms with Crippen LogP contribution in [0.3, 0.4) is 0 Å². The molecule has 1 nitrogen and oxygen atoms in total. The maximum Gasteiger partial charge on any atom is 0.127 e.